The van der Waals surface area contributed by atoms with E-state index in [4.69, 9.17) is 17.3 Å². The zero-order chi connectivity index (χ0) is 15.8. The minimum atomic E-state index is -3.27. The molecular weight excluding hydrogens is 314 g/mol. The molecule has 0 fully saturated rings. The summed E-state index contributed by atoms with van der Waals surface area (Å²) in [6.45, 7) is 3.35. The summed E-state index contributed by atoms with van der Waals surface area (Å²) in [6, 6.07) is 5.13. The van der Waals surface area contributed by atoms with E-state index in [0.717, 1.165) is 0 Å². The Hall–Kier alpha value is -1.67. The van der Waals surface area contributed by atoms with Crippen LogP contribution in [0, 0.1) is 0 Å². The Balaban J connectivity index is 2.47. The van der Waals surface area contributed by atoms with Crippen LogP contribution in [-0.2, 0) is 16.4 Å². The number of aromatic nitrogens is 4. The van der Waals surface area contributed by atoms with E-state index in [1.54, 1.807) is 32.0 Å². The number of nitrogens with two attached hydrogens (primary N) is 1. The van der Waals surface area contributed by atoms with Crippen molar-refractivity contribution >= 4 is 27.1 Å². The lowest BCUT2D eigenvalue weighted by atomic mass is 10.1. The summed E-state index contributed by atoms with van der Waals surface area (Å²) in [5, 5.41) is 11.7. The number of hydrogen-bond donors (Lipinski definition) is 1. The van der Waals surface area contributed by atoms with Crippen molar-refractivity contribution in [2.45, 2.75) is 25.1 Å². The van der Waals surface area contributed by atoms with Gasteiger partial charge in [-0.15, -0.1) is 5.10 Å². The van der Waals surface area contributed by atoms with Crippen LogP contribution < -0.4 is 5.73 Å². The Morgan fingerprint density at radius 3 is 2.67 bits per heavy atom. The van der Waals surface area contributed by atoms with Gasteiger partial charge in [-0.25, -0.2) is 13.1 Å². The summed E-state index contributed by atoms with van der Waals surface area (Å²) in [5.74, 6) is 0.379. The van der Waals surface area contributed by atoms with Crippen LogP contribution in [0.4, 0.5) is 5.69 Å². The highest BCUT2D eigenvalue weighted by Gasteiger charge is 2.32. The summed E-state index contributed by atoms with van der Waals surface area (Å²) in [6.07, 6.45) is 1.19. The number of nitrogens with zero attached hydrogens (tertiary/aromatic N) is 4. The number of benzene rings is 1. The second-order valence-electron chi connectivity index (χ2n) is 5.40. The zero-order valence-electron chi connectivity index (χ0n) is 11.9. The maximum Gasteiger partial charge on any atom is 0.183 e. The van der Waals surface area contributed by atoms with Gasteiger partial charge in [0.25, 0.3) is 0 Å². The predicted octanol–water partition coefficient (Wildman–Crippen LogP) is 1.40. The van der Waals surface area contributed by atoms with Gasteiger partial charge in [0.05, 0.1) is 22.0 Å². The van der Waals surface area contributed by atoms with E-state index in [1.807, 2.05) is 0 Å². The standard InChI is InChI=1S/C12H16ClN5O2S/c1-12(2,21(3,19)20)7-18-11(15-16-17-18)8-5-4-6-9(14)10(8)13/h4-6H,7,14H2,1-3H3. The fourth-order valence-electron chi connectivity index (χ4n) is 1.70. The Bertz CT molecular complexity index is 770. The third-order valence-electron chi connectivity index (χ3n) is 3.34. The molecule has 0 spiro atoms. The summed E-state index contributed by atoms with van der Waals surface area (Å²) in [5.41, 5.74) is 6.74. The molecule has 0 saturated carbocycles. The molecule has 0 atom stereocenters. The minimum Gasteiger partial charge on any atom is -0.398 e. The summed E-state index contributed by atoms with van der Waals surface area (Å²) < 4.78 is 24.0. The fraction of sp³-hybridized carbons (Fsp3) is 0.417. The topological polar surface area (TPSA) is 104 Å². The van der Waals surface area contributed by atoms with Gasteiger partial charge in [-0.2, -0.15) is 0 Å². The molecule has 0 aliphatic carbocycles. The Morgan fingerprint density at radius 2 is 2.05 bits per heavy atom. The molecule has 2 rings (SSSR count). The van der Waals surface area contributed by atoms with Gasteiger partial charge < -0.3 is 5.73 Å². The lowest BCUT2D eigenvalue weighted by Gasteiger charge is -2.22. The van der Waals surface area contributed by atoms with Gasteiger partial charge >= 0.3 is 0 Å². The number of anilines is 1. The predicted molar refractivity (Wildman–Crippen MR) is 81.6 cm³/mol. The molecule has 21 heavy (non-hydrogen) atoms. The van der Waals surface area contributed by atoms with Crippen LogP contribution >= 0.6 is 11.6 Å². The molecule has 1 heterocycles. The molecule has 2 aromatic rings. The molecule has 1 aromatic carbocycles. The van der Waals surface area contributed by atoms with Crippen LogP contribution in [-0.4, -0.2) is 39.6 Å². The number of hydrogen-bond acceptors (Lipinski definition) is 6. The van der Waals surface area contributed by atoms with Crippen LogP contribution in [0.1, 0.15) is 13.8 Å². The Morgan fingerprint density at radius 1 is 1.38 bits per heavy atom. The first-order valence-electron chi connectivity index (χ1n) is 6.13. The van der Waals surface area contributed by atoms with Gasteiger partial charge in [-0.3, -0.25) is 0 Å². The van der Waals surface area contributed by atoms with Crippen LogP contribution in [0.25, 0.3) is 11.4 Å². The first-order chi connectivity index (χ1) is 9.63. The van der Waals surface area contributed by atoms with Crippen molar-refractivity contribution in [1.29, 1.82) is 0 Å². The van der Waals surface area contributed by atoms with E-state index in [2.05, 4.69) is 15.5 Å². The van der Waals surface area contributed by atoms with E-state index < -0.39 is 14.6 Å². The van der Waals surface area contributed by atoms with Crippen LogP contribution in [0.2, 0.25) is 5.02 Å². The largest absolute Gasteiger partial charge is 0.398 e. The van der Waals surface area contributed by atoms with Gasteiger partial charge in [0, 0.05) is 11.8 Å². The molecule has 2 N–H and O–H groups in total. The molecule has 0 saturated heterocycles. The molecule has 0 bridgehead atoms. The van der Waals surface area contributed by atoms with Crippen molar-refractivity contribution in [2.75, 3.05) is 12.0 Å². The molecule has 0 aliphatic heterocycles. The third-order valence-corrected chi connectivity index (χ3v) is 5.89. The lowest BCUT2D eigenvalue weighted by molar-refractivity contribution is 0.471. The molecule has 114 valence electrons. The van der Waals surface area contributed by atoms with Crippen LogP contribution in [0.5, 0.6) is 0 Å². The number of tetrazole rings is 1. The van der Waals surface area contributed by atoms with Crippen molar-refractivity contribution < 1.29 is 8.42 Å². The number of rotatable bonds is 4. The quantitative estimate of drug-likeness (QED) is 0.850. The second-order valence-corrected chi connectivity index (χ2v) is 8.43. The average molecular weight is 330 g/mol. The highest BCUT2D eigenvalue weighted by atomic mass is 35.5. The van der Waals surface area contributed by atoms with Gasteiger partial charge in [-0.1, -0.05) is 17.7 Å². The number of sulfone groups is 1. The van der Waals surface area contributed by atoms with Crippen LogP contribution in [0.3, 0.4) is 0 Å². The first-order valence-corrected chi connectivity index (χ1v) is 8.40. The van der Waals surface area contributed by atoms with Crippen molar-refractivity contribution in [3.8, 4) is 11.4 Å². The maximum absolute atomic E-state index is 11.8. The molecule has 7 nitrogen and oxygen atoms in total. The van der Waals surface area contributed by atoms with Crippen molar-refractivity contribution in [2.24, 2.45) is 0 Å². The smallest absolute Gasteiger partial charge is 0.183 e. The van der Waals surface area contributed by atoms with E-state index in [-0.39, 0.29) is 6.54 Å². The van der Waals surface area contributed by atoms with Gasteiger partial charge in [0.1, 0.15) is 0 Å². The molecule has 0 amide bonds. The monoisotopic (exact) mass is 329 g/mol. The Kier molecular flexibility index (Phi) is 3.94. The highest BCUT2D eigenvalue weighted by molar-refractivity contribution is 7.92. The summed E-state index contributed by atoms with van der Waals surface area (Å²) in [4.78, 5) is 0. The SMILES string of the molecule is CC(C)(Cn1nnnc1-c1cccc(N)c1Cl)S(C)(=O)=O. The van der Waals surface area contributed by atoms with Crippen molar-refractivity contribution in [3.63, 3.8) is 0 Å². The van der Waals surface area contributed by atoms with Gasteiger partial charge in [-0.05, 0) is 36.4 Å². The molecular formula is C12H16ClN5O2S. The maximum atomic E-state index is 11.8. The third kappa shape index (κ3) is 3.01. The lowest BCUT2D eigenvalue weighted by Crippen LogP contribution is -2.36. The molecule has 1 aromatic heterocycles. The summed E-state index contributed by atoms with van der Waals surface area (Å²) in [7, 11) is -3.27. The average Bonchev–Trinajstić information content (AvgIpc) is 2.78. The zero-order valence-corrected chi connectivity index (χ0v) is 13.5. The molecule has 0 aliphatic rings. The van der Waals surface area contributed by atoms with E-state index in [1.165, 1.54) is 10.9 Å². The second kappa shape index (κ2) is 5.27. The minimum absolute atomic E-state index is 0.110. The van der Waals surface area contributed by atoms with Gasteiger partial charge in [0.2, 0.25) is 0 Å². The van der Waals surface area contributed by atoms with Gasteiger partial charge in [0.15, 0.2) is 15.7 Å². The molecule has 0 unspecified atom stereocenters. The molecule has 9 heteroatoms. The van der Waals surface area contributed by atoms with Crippen molar-refractivity contribution in [3.05, 3.63) is 23.2 Å². The molecule has 0 radical (unpaired) electrons. The van der Waals surface area contributed by atoms with Crippen molar-refractivity contribution in [1.82, 2.24) is 20.2 Å². The highest BCUT2D eigenvalue weighted by Crippen LogP contribution is 2.31. The number of halogens is 1. The Labute approximate surface area is 128 Å². The van der Waals surface area contributed by atoms with E-state index in [0.29, 0.717) is 22.1 Å². The first kappa shape index (κ1) is 15.7. The van der Waals surface area contributed by atoms with E-state index in [9.17, 15) is 8.42 Å². The number of nitrogen functional groups attached to an aromatic ring is 1. The van der Waals surface area contributed by atoms with E-state index >= 15 is 0 Å². The van der Waals surface area contributed by atoms with Crippen LogP contribution in [0.15, 0.2) is 18.2 Å². The normalized spacial score (nSPS) is 12.6. The summed E-state index contributed by atoms with van der Waals surface area (Å²) >= 11 is 6.17. The fourth-order valence-corrected chi connectivity index (χ4v) is 2.27.